The molecule has 1 aromatic rings. The Bertz CT molecular complexity index is 197. The third-order valence-electron chi connectivity index (χ3n) is 1.62. The van der Waals surface area contributed by atoms with Gasteiger partial charge in [-0.05, 0) is 13.3 Å². The summed E-state index contributed by atoms with van der Waals surface area (Å²) < 4.78 is 1.85. The lowest BCUT2D eigenvalue weighted by atomic mass is 10.2. The molecule has 1 heterocycles. The predicted molar refractivity (Wildman–Crippen MR) is 62.4 cm³/mol. The quantitative estimate of drug-likeness (QED) is 0.732. The lowest BCUT2D eigenvalue weighted by Crippen LogP contribution is -1.98. The van der Waals surface area contributed by atoms with Crippen molar-refractivity contribution in [3.63, 3.8) is 0 Å². The van der Waals surface area contributed by atoms with Gasteiger partial charge >= 0.3 is 0 Å². The first kappa shape index (κ1) is 15.6. The molecule has 0 amide bonds. The smallest absolute Gasteiger partial charge is 0.0828 e. The summed E-state index contributed by atoms with van der Waals surface area (Å²) in [5.41, 5.74) is 2.31. The van der Waals surface area contributed by atoms with Crippen molar-refractivity contribution < 1.29 is 0 Å². The van der Waals surface area contributed by atoms with Crippen LogP contribution in [0.3, 0.4) is 0 Å². The fourth-order valence-electron chi connectivity index (χ4n) is 1.06. The first-order chi connectivity index (χ1) is 6.75. The molecule has 0 aromatic carbocycles. The van der Waals surface area contributed by atoms with Crippen LogP contribution < -0.4 is 0 Å². The van der Waals surface area contributed by atoms with E-state index in [2.05, 4.69) is 17.2 Å². The number of aromatic nitrogens is 3. The van der Waals surface area contributed by atoms with Gasteiger partial charge in [-0.1, -0.05) is 46.3 Å². The second-order valence-corrected chi connectivity index (χ2v) is 2.50. The van der Waals surface area contributed by atoms with Gasteiger partial charge in [0.05, 0.1) is 11.4 Å². The molecule has 14 heavy (non-hydrogen) atoms. The van der Waals surface area contributed by atoms with Crippen molar-refractivity contribution in [3.8, 4) is 0 Å². The summed E-state index contributed by atoms with van der Waals surface area (Å²) in [6, 6.07) is 0. The number of hydrogen-bond acceptors (Lipinski definition) is 2. The minimum Gasteiger partial charge on any atom is -0.252 e. The zero-order chi connectivity index (χ0) is 11.6. The molecule has 3 nitrogen and oxygen atoms in total. The molecule has 0 saturated carbocycles. The van der Waals surface area contributed by atoms with Gasteiger partial charge in [-0.2, -0.15) is 0 Å². The van der Waals surface area contributed by atoms with Gasteiger partial charge in [-0.15, -0.1) is 5.10 Å². The summed E-state index contributed by atoms with van der Waals surface area (Å²) in [7, 11) is 1.94. The second kappa shape index (κ2) is 10.2. The maximum Gasteiger partial charge on any atom is 0.0828 e. The molecule has 0 fully saturated rings. The lowest BCUT2D eigenvalue weighted by Gasteiger charge is -1.96. The van der Waals surface area contributed by atoms with Crippen molar-refractivity contribution in [2.24, 2.45) is 7.05 Å². The largest absolute Gasteiger partial charge is 0.252 e. The van der Waals surface area contributed by atoms with Gasteiger partial charge in [0.25, 0.3) is 0 Å². The summed E-state index contributed by atoms with van der Waals surface area (Å²) in [4.78, 5) is 0. The summed E-state index contributed by atoms with van der Waals surface area (Å²) in [6.45, 7) is 12.2. The fraction of sp³-hybridized carbons (Fsp3) is 0.818. The van der Waals surface area contributed by atoms with Crippen LogP contribution in [0.2, 0.25) is 0 Å². The Hall–Kier alpha value is -0.860. The van der Waals surface area contributed by atoms with Gasteiger partial charge < -0.3 is 0 Å². The van der Waals surface area contributed by atoms with Gasteiger partial charge in [0.15, 0.2) is 0 Å². The van der Waals surface area contributed by atoms with E-state index in [0.717, 1.165) is 18.5 Å². The van der Waals surface area contributed by atoms with Crippen molar-refractivity contribution >= 4 is 0 Å². The zero-order valence-corrected chi connectivity index (χ0v) is 10.8. The third kappa shape index (κ3) is 5.00. The third-order valence-corrected chi connectivity index (χ3v) is 1.62. The molecule has 3 heteroatoms. The van der Waals surface area contributed by atoms with Gasteiger partial charge in [0.1, 0.15) is 0 Å². The van der Waals surface area contributed by atoms with Crippen LogP contribution >= 0.6 is 0 Å². The molecular weight excluding hydrogens is 174 g/mol. The van der Waals surface area contributed by atoms with Crippen LogP contribution in [0.1, 0.15) is 52.4 Å². The zero-order valence-electron chi connectivity index (χ0n) is 10.8. The second-order valence-electron chi connectivity index (χ2n) is 2.50. The Morgan fingerprint density at radius 3 is 1.93 bits per heavy atom. The van der Waals surface area contributed by atoms with E-state index in [-0.39, 0.29) is 0 Å². The van der Waals surface area contributed by atoms with Crippen molar-refractivity contribution in [1.82, 2.24) is 15.0 Å². The van der Waals surface area contributed by atoms with Gasteiger partial charge in [0, 0.05) is 7.05 Å². The standard InChI is InChI=1S/C7H13N3.2C2H6/c1-4-5-7-6(2)8-9-10(7)3;2*1-2/h4-5H2,1-3H3;2*1-2H3. The maximum atomic E-state index is 3.95. The van der Waals surface area contributed by atoms with Crippen LogP contribution in [0.25, 0.3) is 0 Å². The molecule has 0 radical (unpaired) electrons. The van der Waals surface area contributed by atoms with Gasteiger partial charge in [0.2, 0.25) is 0 Å². The predicted octanol–water partition coefficient (Wildman–Crippen LogP) is 3.13. The normalized spacial score (nSPS) is 8.21. The highest BCUT2D eigenvalue weighted by Gasteiger charge is 2.02. The summed E-state index contributed by atoms with van der Waals surface area (Å²) in [5, 5.41) is 7.85. The van der Waals surface area contributed by atoms with Crippen LogP contribution in [0.15, 0.2) is 0 Å². The van der Waals surface area contributed by atoms with Crippen molar-refractivity contribution in [3.05, 3.63) is 11.4 Å². The number of hydrogen-bond donors (Lipinski definition) is 0. The Kier molecular flexibility index (Phi) is 11.4. The van der Waals surface area contributed by atoms with E-state index in [1.165, 1.54) is 5.69 Å². The highest BCUT2D eigenvalue weighted by Crippen LogP contribution is 2.04. The van der Waals surface area contributed by atoms with Gasteiger partial charge in [-0.25, -0.2) is 0 Å². The van der Waals surface area contributed by atoms with Crippen molar-refractivity contribution in [2.45, 2.75) is 54.4 Å². The Labute approximate surface area is 88.5 Å². The molecule has 0 aliphatic carbocycles. The van der Waals surface area contributed by atoms with Crippen molar-refractivity contribution in [1.29, 1.82) is 0 Å². The van der Waals surface area contributed by atoms with E-state index in [4.69, 9.17) is 0 Å². The molecule has 0 aliphatic rings. The molecule has 0 saturated heterocycles. The Balaban J connectivity index is 0. The topological polar surface area (TPSA) is 30.7 Å². The summed E-state index contributed by atoms with van der Waals surface area (Å²) in [6.07, 6.45) is 2.23. The van der Waals surface area contributed by atoms with E-state index in [1.807, 2.05) is 46.3 Å². The molecule has 1 rings (SSSR count). The van der Waals surface area contributed by atoms with Crippen LogP contribution in [-0.2, 0) is 13.5 Å². The van der Waals surface area contributed by atoms with E-state index in [0.29, 0.717) is 0 Å². The molecule has 0 bridgehead atoms. The van der Waals surface area contributed by atoms with E-state index < -0.39 is 0 Å². The molecular formula is C11H25N3. The summed E-state index contributed by atoms with van der Waals surface area (Å²) in [5.74, 6) is 0. The van der Waals surface area contributed by atoms with E-state index >= 15 is 0 Å². The van der Waals surface area contributed by atoms with Crippen LogP contribution in [0, 0.1) is 6.92 Å². The molecule has 0 spiro atoms. The SMILES string of the molecule is CC.CC.CCCc1c(C)nnn1C. The Morgan fingerprint density at radius 2 is 1.64 bits per heavy atom. The van der Waals surface area contributed by atoms with E-state index in [9.17, 15) is 0 Å². The highest BCUT2D eigenvalue weighted by molar-refractivity contribution is 5.07. The van der Waals surface area contributed by atoms with Crippen molar-refractivity contribution in [2.75, 3.05) is 0 Å². The fourth-order valence-corrected chi connectivity index (χ4v) is 1.06. The monoisotopic (exact) mass is 199 g/mol. The van der Waals surface area contributed by atoms with Crippen LogP contribution in [0.4, 0.5) is 0 Å². The first-order valence-electron chi connectivity index (χ1n) is 5.61. The molecule has 84 valence electrons. The molecule has 0 N–H and O–H groups in total. The first-order valence-corrected chi connectivity index (χ1v) is 5.61. The van der Waals surface area contributed by atoms with E-state index in [1.54, 1.807) is 0 Å². The molecule has 0 unspecified atom stereocenters. The maximum absolute atomic E-state index is 3.95. The van der Waals surface area contributed by atoms with Gasteiger partial charge in [-0.3, -0.25) is 4.68 Å². The number of nitrogens with zero attached hydrogens (tertiary/aromatic N) is 3. The highest BCUT2D eigenvalue weighted by atomic mass is 15.4. The number of aryl methyl sites for hydroxylation is 2. The number of rotatable bonds is 2. The molecule has 0 atom stereocenters. The minimum atomic E-state index is 1.06. The lowest BCUT2D eigenvalue weighted by molar-refractivity contribution is 0.669. The average molecular weight is 199 g/mol. The van der Waals surface area contributed by atoms with Crippen LogP contribution in [0.5, 0.6) is 0 Å². The molecule has 0 aliphatic heterocycles. The Morgan fingerprint density at radius 1 is 1.14 bits per heavy atom. The average Bonchev–Trinajstić information content (AvgIpc) is 2.56. The summed E-state index contributed by atoms with van der Waals surface area (Å²) >= 11 is 0. The van der Waals surface area contributed by atoms with Crippen LogP contribution in [-0.4, -0.2) is 15.0 Å². The minimum absolute atomic E-state index is 1.06. The molecule has 1 aromatic heterocycles.